The Balaban J connectivity index is 2.09. The van der Waals surface area contributed by atoms with Crippen molar-refractivity contribution in [3.63, 3.8) is 0 Å². The van der Waals surface area contributed by atoms with E-state index in [-0.39, 0.29) is 5.91 Å². The predicted octanol–water partition coefficient (Wildman–Crippen LogP) is 2.22. The van der Waals surface area contributed by atoms with Crippen LogP contribution >= 0.6 is 0 Å². The number of likely N-dealkylation sites (tertiary alicyclic amines) is 1. The summed E-state index contributed by atoms with van der Waals surface area (Å²) < 4.78 is 0. The summed E-state index contributed by atoms with van der Waals surface area (Å²) in [5, 5.41) is 6.08. The zero-order valence-corrected chi connectivity index (χ0v) is 12.7. The Bertz CT molecular complexity index is 465. The molecule has 1 heterocycles. The second kappa shape index (κ2) is 6.37. The molecule has 1 aromatic rings. The molecule has 1 amide bonds. The fourth-order valence-corrected chi connectivity index (χ4v) is 2.35. The van der Waals surface area contributed by atoms with E-state index in [4.69, 9.17) is 0 Å². The third-order valence-electron chi connectivity index (χ3n) is 4.05. The fraction of sp³-hybridized carbons (Fsp3) is 0.562. The van der Waals surface area contributed by atoms with E-state index >= 15 is 0 Å². The number of hydrogen-bond donors (Lipinski definition) is 2. The molecule has 0 radical (unpaired) electrons. The molecule has 4 heteroatoms. The molecule has 1 aromatic carbocycles. The van der Waals surface area contributed by atoms with Crippen LogP contribution in [0.5, 0.6) is 0 Å². The molecule has 4 nitrogen and oxygen atoms in total. The first-order valence-electron chi connectivity index (χ1n) is 7.33. The Labute approximate surface area is 121 Å². The van der Waals surface area contributed by atoms with Crippen molar-refractivity contribution in [1.29, 1.82) is 0 Å². The van der Waals surface area contributed by atoms with Gasteiger partial charge in [0.05, 0.1) is 5.54 Å². The zero-order chi connectivity index (χ0) is 14.6. The topological polar surface area (TPSA) is 44.4 Å². The van der Waals surface area contributed by atoms with Gasteiger partial charge in [0.1, 0.15) is 0 Å². The third-order valence-corrected chi connectivity index (χ3v) is 4.05. The molecule has 1 saturated heterocycles. The Hall–Kier alpha value is -1.39. The van der Waals surface area contributed by atoms with Crippen LogP contribution in [0.25, 0.3) is 0 Å². The second-order valence-electron chi connectivity index (χ2n) is 5.97. The van der Waals surface area contributed by atoms with Crippen LogP contribution in [0, 0.1) is 0 Å². The third kappa shape index (κ3) is 3.58. The first-order valence-corrected chi connectivity index (χ1v) is 7.33. The van der Waals surface area contributed by atoms with Crippen LogP contribution in [-0.4, -0.2) is 36.5 Å². The van der Waals surface area contributed by atoms with Crippen LogP contribution < -0.4 is 10.6 Å². The average Bonchev–Trinajstić information content (AvgIpc) is 2.94. The van der Waals surface area contributed by atoms with E-state index in [1.165, 1.54) is 18.4 Å². The predicted molar refractivity (Wildman–Crippen MR) is 82.7 cm³/mol. The number of nitrogens with one attached hydrogen (secondary N) is 2. The average molecular weight is 275 g/mol. The smallest absolute Gasteiger partial charge is 0.244 e. The standard InChI is InChI=1S/C16H25N3O/c1-16(2,17-3)15(20)18-14-9-5-4-8-13(14)12-19-10-6-7-11-19/h4-5,8-9,17H,6-7,10-12H2,1-3H3,(H,18,20). The van der Waals surface area contributed by atoms with Crippen LogP contribution in [0.2, 0.25) is 0 Å². The van der Waals surface area contributed by atoms with E-state index in [1.54, 1.807) is 7.05 Å². The van der Waals surface area contributed by atoms with E-state index in [9.17, 15) is 4.79 Å². The minimum atomic E-state index is -0.569. The lowest BCUT2D eigenvalue weighted by Gasteiger charge is -2.24. The number of benzene rings is 1. The van der Waals surface area contributed by atoms with Crippen molar-refractivity contribution in [1.82, 2.24) is 10.2 Å². The summed E-state index contributed by atoms with van der Waals surface area (Å²) in [6.07, 6.45) is 2.56. The van der Waals surface area contributed by atoms with Crippen molar-refractivity contribution in [3.8, 4) is 0 Å². The lowest BCUT2D eigenvalue weighted by atomic mass is 10.0. The van der Waals surface area contributed by atoms with Gasteiger partial charge in [0.25, 0.3) is 0 Å². The van der Waals surface area contributed by atoms with Gasteiger partial charge < -0.3 is 10.6 Å². The van der Waals surface area contributed by atoms with Gasteiger partial charge in [-0.25, -0.2) is 0 Å². The van der Waals surface area contributed by atoms with Gasteiger partial charge in [0.2, 0.25) is 5.91 Å². The van der Waals surface area contributed by atoms with Crippen molar-refractivity contribution >= 4 is 11.6 Å². The summed E-state index contributed by atoms with van der Waals surface area (Å²) in [4.78, 5) is 14.7. The monoisotopic (exact) mass is 275 g/mol. The van der Waals surface area contributed by atoms with Gasteiger partial charge >= 0.3 is 0 Å². The molecule has 0 atom stereocenters. The van der Waals surface area contributed by atoms with Gasteiger partial charge in [-0.1, -0.05) is 18.2 Å². The largest absolute Gasteiger partial charge is 0.324 e. The van der Waals surface area contributed by atoms with Crippen molar-refractivity contribution in [2.75, 3.05) is 25.5 Å². The van der Waals surface area contributed by atoms with Crippen LogP contribution in [0.3, 0.4) is 0 Å². The highest BCUT2D eigenvalue weighted by Crippen LogP contribution is 2.21. The second-order valence-corrected chi connectivity index (χ2v) is 5.97. The summed E-state index contributed by atoms with van der Waals surface area (Å²) in [7, 11) is 1.80. The molecule has 0 unspecified atom stereocenters. The lowest BCUT2D eigenvalue weighted by molar-refractivity contribution is -0.121. The summed E-state index contributed by atoms with van der Waals surface area (Å²) in [5.74, 6) is -0.00567. The zero-order valence-electron chi connectivity index (χ0n) is 12.7. The molecule has 1 fully saturated rings. The normalized spacial score (nSPS) is 16.4. The molecule has 2 N–H and O–H groups in total. The number of hydrogen-bond acceptors (Lipinski definition) is 3. The summed E-state index contributed by atoms with van der Waals surface area (Å²) in [6.45, 7) is 6.99. The molecular formula is C16H25N3O. The molecule has 0 bridgehead atoms. The highest BCUT2D eigenvalue weighted by Gasteiger charge is 2.25. The highest BCUT2D eigenvalue weighted by molar-refractivity contribution is 5.98. The minimum Gasteiger partial charge on any atom is -0.324 e. The molecule has 20 heavy (non-hydrogen) atoms. The number of rotatable bonds is 5. The number of nitrogens with zero attached hydrogens (tertiary/aromatic N) is 1. The van der Waals surface area contributed by atoms with Crippen LogP contribution in [-0.2, 0) is 11.3 Å². The number of carbonyl (C=O) groups is 1. The van der Waals surface area contributed by atoms with Crippen molar-refractivity contribution < 1.29 is 4.79 Å². The van der Waals surface area contributed by atoms with Crippen LogP contribution in [0.1, 0.15) is 32.3 Å². The fourth-order valence-electron chi connectivity index (χ4n) is 2.35. The molecule has 110 valence electrons. The molecule has 1 aliphatic heterocycles. The van der Waals surface area contributed by atoms with E-state index in [0.29, 0.717) is 0 Å². The lowest BCUT2D eigenvalue weighted by Crippen LogP contribution is -2.48. The minimum absolute atomic E-state index is 0.00567. The van der Waals surface area contributed by atoms with Crippen molar-refractivity contribution in [2.24, 2.45) is 0 Å². The summed E-state index contributed by atoms with van der Waals surface area (Å²) in [5.41, 5.74) is 1.54. The van der Waals surface area contributed by atoms with Crippen LogP contribution in [0.4, 0.5) is 5.69 Å². The van der Waals surface area contributed by atoms with E-state index in [2.05, 4.69) is 21.6 Å². The Morgan fingerprint density at radius 3 is 2.55 bits per heavy atom. The maximum atomic E-state index is 12.3. The summed E-state index contributed by atoms with van der Waals surface area (Å²) >= 11 is 0. The molecule has 1 aliphatic rings. The Kier molecular flexibility index (Phi) is 4.78. The number of amides is 1. The molecule has 0 aromatic heterocycles. The van der Waals surface area contributed by atoms with Crippen molar-refractivity contribution in [3.05, 3.63) is 29.8 Å². The Morgan fingerprint density at radius 1 is 1.25 bits per heavy atom. The first kappa shape index (κ1) is 15.0. The molecular weight excluding hydrogens is 250 g/mol. The van der Waals surface area contributed by atoms with E-state index in [1.807, 2.05) is 32.0 Å². The van der Waals surface area contributed by atoms with Gasteiger partial charge in [0, 0.05) is 12.2 Å². The number of likely N-dealkylation sites (N-methyl/N-ethyl adjacent to an activating group) is 1. The van der Waals surface area contributed by atoms with E-state index in [0.717, 1.165) is 25.3 Å². The van der Waals surface area contributed by atoms with Gasteiger partial charge in [-0.05, 0) is 58.5 Å². The molecule has 0 saturated carbocycles. The number of para-hydroxylation sites is 1. The SMILES string of the molecule is CNC(C)(C)C(=O)Nc1ccccc1CN1CCCC1. The number of anilines is 1. The van der Waals surface area contributed by atoms with Crippen LogP contribution in [0.15, 0.2) is 24.3 Å². The highest BCUT2D eigenvalue weighted by atomic mass is 16.2. The van der Waals surface area contributed by atoms with E-state index < -0.39 is 5.54 Å². The molecule has 0 spiro atoms. The van der Waals surface area contributed by atoms with Gasteiger partial charge in [-0.2, -0.15) is 0 Å². The quantitative estimate of drug-likeness (QED) is 0.866. The van der Waals surface area contributed by atoms with Gasteiger partial charge in [-0.15, -0.1) is 0 Å². The van der Waals surface area contributed by atoms with Crippen molar-refractivity contribution in [2.45, 2.75) is 38.8 Å². The molecule has 2 rings (SSSR count). The number of carbonyl (C=O) groups excluding carboxylic acids is 1. The summed E-state index contributed by atoms with van der Waals surface area (Å²) in [6, 6.07) is 8.08. The maximum absolute atomic E-state index is 12.3. The van der Waals surface area contributed by atoms with Gasteiger partial charge in [0.15, 0.2) is 0 Å². The van der Waals surface area contributed by atoms with Gasteiger partial charge in [-0.3, -0.25) is 9.69 Å². The first-order chi connectivity index (χ1) is 9.53. The maximum Gasteiger partial charge on any atom is 0.244 e. The Morgan fingerprint density at radius 2 is 1.90 bits per heavy atom. The molecule has 0 aliphatic carbocycles.